The van der Waals surface area contributed by atoms with Gasteiger partial charge >= 0.3 is 0 Å². The largest absolute Gasteiger partial charge is 0.496 e. The second-order valence-corrected chi connectivity index (χ2v) is 5.37. The summed E-state index contributed by atoms with van der Waals surface area (Å²) in [6.07, 6.45) is -0.899. The van der Waals surface area contributed by atoms with Crippen LogP contribution in [-0.4, -0.2) is 12.2 Å². The molecule has 21 heavy (non-hydrogen) atoms. The van der Waals surface area contributed by atoms with E-state index in [9.17, 15) is 5.11 Å². The van der Waals surface area contributed by atoms with Crippen LogP contribution in [0.15, 0.2) is 46.9 Å². The Morgan fingerprint density at radius 1 is 1.19 bits per heavy atom. The lowest BCUT2D eigenvalue weighted by Crippen LogP contribution is -2.01. The number of aliphatic hydroxyl groups excluding tert-OH is 1. The summed E-state index contributed by atoms with van der Waals surface area (Å²) in [6, 6.07) is 12.9. The van der Waals surface area contributed by atoms with Gasteiger partial charge in [0.15, 0.2) is 0 Å². The number of para-hydroxylation sites is 1. The molecule has 0 spiro atoms. The fourth-order valence-electron chi connectivity index (χ4n) is 2.43. The molecule has 2 aromatic carbocycles. The minimum absolute atomic E-state index is 0.486. The zero-order valence-corrected chi connectivity index (χ0v) is 12.5. The lowest BCUT2D eigenvalue weighted by molar-refractivity contribution is 0.187. The molecule has 1 unspecified atom stereocenters. The van der Waals surface area contributed by atoms with E-state index in [-0.39, 0.29) is 0 Å². The minimum atomic E-state index is -0.899. The second-order valence-electron chi connectivity index (χ2n) is 4.93. The Labute approximate surface area is 127 Å². The number of hydrogen-bond donors (Lipinski definition) is 1. The molecule has 1 heterocycles. The Bertz CT molecular complexity index is 792. The van der Waals surface area contributed by atoms with Gasteiger partial charge in [-0.15, -0.1) is 0 Å². The van der Waals surface area contributed by atoms with Gasteiger partial charge in [-0.05, 0) is 30.7 Å². The first-order chi connectivity index (χ1) is 10.1. The maximum absolute atomic E-state index is 10.6. The van der Waals surface area contributed by atoms with Crippen molar-refractivity contribution in [2.75, 3.05) is 7.11 Å². The van der Waals surface area contributed by atoms with Crippen LogP contribution in [0, 0.1) is 6.92 Å². The normalized spacial score (nSPS) is 12.6. The standard InChI is InChI=1S/C17H15ClO3/c1-10-4-3-5-11-8-15(21-17(10)11)16(19)13-7-6-12(18)9-14(13)20-2/h3-9,16,19H,1-2H3. The maximum Gasteiger partial charge on any atom is 0.140 e. The van der Waals surface area contributed by atoms with Crippen molar-refractivity contribution >= 4 is 22.6 Å². The Morgan fingerprint density at radius 2 is 2.00 bits per heavy atom. The van der Waals surface area contributed by atoms with Gasteiger partial charge in [0.1, 0.15) is 23.2 Å². The van der Waals surface area contributed by atoms with Gasteiger partial charge in [0.25, 0.3) is 0 Å². The van der Waals surface area contributed by atoms with Crippen LogP contribution in [0.3, 0.4) is 0 Å². The predicted molar refractivity (Wildman–Crippen MR) is 83.0 cm³/mol. The van der Waals surface area contributed by atoms with Crippen LogP contribution in [0.2, 0.25) is 5.02 Å². The van der Waals surface area contributed by atoms with E-state index >= 15 is 0 Å². The van der Waals surface area contributed by atoms with Crippen molar-refractivity contribution in [1.29, 1.82) is 0 Å². The van der Waals surface area contributed by atoms with Gasteiger partial charge in [-0.1, -0.05) is 35.9 Å². The molecule has 3 nitrogen and oxygen atoms in total. The average molecular weight is 303 g/mol. The Kier molecular flexibility index (Phi) is 3.62. The third-order valence-corrected chi connectivity index (χ3v) is 3.75. The summed E-state index contributed by atoms with van der Waals surface area (Å²) < 4.78 is 11.1. The first-order valence-electron chi connectivity index (χ1n) is 6.60. The van der Waals surface area contributed by atoms with E-state index < -0.39 is 6.10 Å². The van der Waals surface area contributed by atoms with Gasteiger partial charge in [0, 0.05) is 16.0 Å². The highest BCUT2D eigenvalue weighted by atomic mass is 35.5. The van der Waals surface area contributed by atoms with E-state index in [1.165, 1.54) is 0 Å². The van der Waals surface area contributed by atoms with E-state index in [4.69, 9.17) is 20.8 Å². The van der Waals surface area contributed by atoms with Crippen LogP contribution >= 0.6 is 11.6 Å². The quantitative estimate of drug-likeness (QED) is 0.775. The number of aryl methyl sites for hydroxylation is 1. The highest BCUT2D eigenvalue weighted by molar-refractivity contribution is 6.30. The van der Waals surface area contributed by atoms with E-state index in [0.29, 0.717) is 22.1 Å². The number of aliphatic hydroxyl groups is 1. The summed E-state index contributed by atoms with van der Waals surface area (Å²) in [5.41, 5.74) is 2.45. The summed E-state index contributed by atoms with van der Waals surface area (Å²) in [7, 11) is 1.55. The molecule has 108 valence electrons. The lowest BCUT2D eigenvalue weighted by atomic mass is 10.1. The smallest absolute Gasteiger partial charge is 0.140 e. The van der Waals surface area contributed by atoms with Gasteiger partial charge < -0.3 is 14.3 Å². The molecule has 3 aromatic rings. The second kappa shape index (κ2) is 5.43. The van der Waals surface area contributed by atoms with Gasteiger partial charge in [0.05, 0.1) is 7.11 Å². The van der Waals surface area contributed by atoms with Crippen molar-refractivity contribution < 1.29 is 14.3 Å². The SMILES string of the molecule is COc1cc(Cl)ccc1C(O)c1cc2cccc(C)c2o1. The summed E-state index contributed by atoms with van der Waals surface area (Å²) in [6.45, 7) is 1.98. The van der Waals surface area contributed by atoms with Crippen LogP contribution in [-0.2, 0) is 0 Å². The Balaban J connectivity index is 2.08. The molecular formula is C17H15ClO3. The molecule has 0 aliphatic rings. The molecule has 0 radical (unpaired) electrons. The number of ether oxygens (including phenoxy) is 1. The summed E-state index contributed by atoms with van der Waals surface area (Å²) >= 11 is 5.95. The first-order valence-corrected chi connectivity index (χ1v) is 6.98. The first kappa shape index (κ1) is 14.0. The van der Waals surface area contributed by atoms with Crippen molar-refractivity contribution in [3.05, 3.63) is 64.4 Å². The molecule has 0 bridgehead atoms. The van der Waals surface area contributed by atoms with Crippen molar-refractivity contribution in [3.63, 3.8) is 0 Å². The van der Waals surface area contributed by atoms with Crippen molar-refractivity contribution in [1.82, 2.24) is 0 Å². The third kappa shape index (κ3) is 2.50. The summed E-state index contributed by atoms with van der Waals surface area (Å²) in [5, 5.41) is 12.1. The van der Waals surface area contributed by atoms with E-state index in [2.05, 4.69) is 0 Å². The van der Waals surface area contributed by atoms with E-state index in [1.54, 1.807) is 25.3 Å². The van der Waals surface area contributed by atoms with E-state index in [0.717, 1.165) is 16.5 Å². The molecule has 0 aliphatic heterocycles. The highest BCUT2D eigenvalue weighted by Gasteiger charge is 2.20. The summed E-state index contributed by atoms with van der Waals surface area (Å²) in [4.78, 5) is 0. The molecule has 1 aromatic heterocycles. The zero-order chi connectivity index (χ0) is 15.0. The molecule has 1 N–H and O–H groups in total. The van der Waals surface area contributed by atoms with Crippen LogP contribution in [0.5, 0.6) is 5.75 Å². The van der Waals surface area contributed by atoms with Gasteiger partial charge in [-0.2, -0.15) is 0 Å². The molecule has 0 aliphatic carbocycles. The monoisotopic (exact) mass is 302 g/mol. The van der Waals surface area contributed by atoms with Crippen molar-refractivity contribution in [2.45, 2.75) is 13.0 Å². The number of fused-ring (bicyclic) bond motifs is 1. The Hall–Kier alpha value is -1.97. The van der Waals surface area contributed by atoms with Crippen LogP contribution in [0.25, 0.3) is 11.0 Å². The molecule has 1 atom stereocenters. The number of methoxy groups -OCH3 is 1. The lowest BCUT2D eigenvalue weighted by Gasteiger charge is -2.13. The molecule has 0 amide bonds. The van der Waals surface area contributed by atoms with E-state index in [1.807, 2.05) is 31.2 Å². The van der Waals surface area contributed by atoms with Crippen molar-refractivity contribution in [2.24, 2.45) is 0 Å². The molecule has 3 rings (SSSR count). The fraction of sp³-hybridized carbons (Fsp3) is 0.176. The molecular weight excluding hydrogens is 288 g/mol. The maximum atomic E-state index is 10.6. The summed E-state index contributed by atoms with van der Waals surface area (Å²) in [5.74, 6) is 1.02. The molecule has 0 fully saturated rings. The van der Waals surface area contributed by atoms with Crippen molar-refractivity contribution in [3.8, 4) is 5.75 Å². The third-order valence-electron chi connectivity index (χ3n) is 3.52. The minimum Gasteiger partial charge on any atom is -0.496 e. The fourth-order valence-corrected chi connectivity index (χ4v) is 2.59. The number of halogens is 1. The average Bonchev–Trinajstić information content (AvgIpc) is 2.92. The molecule has 4 heteroatoms. The van der Waals surface area contributed by atoms with Crippen LogP contribution in [0.1, 0.15) is 23.0 Å². The highest BCUT2D eigenvalue weighted by Crippen LogP contribution is 2.35. The van der Waals surface area contributed by atoms with Crippen LogP contribution < -0.4 is 4.74 Å². The zero-order valence-electron chi connectivity index (χ0n) is 11.8. The number of benzene rings is 2. The Morgan fingerprint density at radius 3 is 2.71 bits per heavy atom. The van der Waals surface area contributed by atoms with Gasteiger partial charge in [-0.3, -0.25) is 0 Å². The molecule has 0 saturated heterocycles. The predicted octanol–water partition coefficient (Wildman–Crippen LogP) is 4.48. The van der Waals surface area contributed by atoms with Crippen LogP contribution in [0.4, 0.5) is 0 Å². The number of hydrogen-bond acceptors (Lipinski definition) is 3. The molecule has 0 saturated carbocycles. The van der Waals surface area contributed by atoms with Gasteiger partial charge in [0.2, 0.25) is 0 Å². The van der Waals surface area contributed by atoms with Gasteiger partial charge in [-0.25, -0.2) is 0 Å². The number of furan rings is 1. The topological polar surface area (TPSA) is 42.6 Å². The number of rotatable bonds is 3.